The molecule has 5 nitrogen and oxygen atoms in total. The number of nitrogens with one attached hydrogen (secondary N) is 1. The third-order valence-corrected chi connectivity index (χ3v) is 5.92. The van der Waals surface area contributed by atoms with Crippen molar-refractivity contribution in [3.05, 3.63) is 81.6 Å². The highest BCUT2D eigenvalue weighted by atomic mass is 32.2. The molecule has 1 aliphatic rings. The lowest BCUT2D eigenvalue weighted by atomic mass is 10.1. The molecule has 2 aromatic heterocycles. The van der Waals surface area contributed by atoms with Gasteiger partial charge >= 0.3 is 0 Å². The summed E-state index contributed by atoms with van der Waals surface area (Å²) >= 11 is 1.36. The van der Waals surface area contributed by atoms with Crippen LogP contribution in [0.5, 0.6) is 0 Å². The highest BCUT2D eigenvalue weighted by molar-refractivity contribution is 8.18. The van der Waals surface area contributed by atoms with Crippen LogP contribution in [0, 0.1) is 27.7 Å². The SMILES string of the molecule is Cc1ccc(N=C2NC(=O)/C(=C/c3cc(C)n(-c4ccccn4)c3C)S2)cc1C. The molecule has 1 amide bonds. The first kappa shape index (κ1) is 19.2. The van der Waals surface area contributed by atoms with Gasteiger partial charge in [-0.2, -0.15) is 0 Å². The number of hydrogen-bond acceptors (Lipinski definition) is 4. The molecule has 0 radical (unpaired) electrons. The summed E-state index contributed by atoms with van der Waals surface area (Å²) in [5.41, 5.74) is 6.35. The van der Waals surface area contributed by atoms with Gasteiger partial charge < -0.3 is 9.88 Å². The van der Waals surface area contributed by atoms with Crippen molar-refractivity contribution in [1.29, 1.82) is 0 Å². The van der Waals surface area contributed by atoms with Crippen molar-refractivity contribution in [2.75, 3.05) is 0 Å². The molecule has 0 bridgehead atoms. The maximum Gasteiger partial charge on any atom is 0.264 e. The number of carbonyl (C=O) groups excluding carboxylic acids is 1. The molecule has 29 heavy (non-hydrogen) atoms. The fraction of sp³-hybridized carbons (Fsp3) is 0.174. The zero-order valence-electron chi connectivity index (χ0n) is 16.9. The number of benzene rings is 1. The topological polar surface area (TPSA) is 59.3 Å². The van der Waals surface area contributed by atoms with Crippen LogP contribution in [0.4, 0.5) is 5.69 Å². The highest BCUT2D eigenvalue weighted by Crippen LogP contribution is 2.30. The summed E-state index contributed by atoms with van der Waals surface area (Å²) < 4.78 is 2.09. The Bertz CT molecular complexity index is 1160. The van der Waals surface area contributed by atoms with E-state index in [1.54, 1.807) is 6.20 Å². The lowest BCUT2D eigenvalue weighted by Gasteiger charge is -2.07. The largest absolute Gasteiger partial charge is 0.303 e. The first-order valence-corrected chi connectivity index (χ1v) is 10.2. The minimum absolute atomic E-state index is 0.125. The van der Waals surface area contributed by atoms with E-state index in [-0.39, 0.29) is 5.91 Å². The van der Waals surface area contributed by atoms with Crippen LogP contribution in [-0.2, 0) is 4.79 Å². The van der Waals surface area contributed by atoms with E-state index < -0.39 is 0 Å². The fourth-order valence-electron chi connectivity index (χ4n) is 3.31. The van der Waals surface area contributed by atoms with Crippen LogP contribution in [0.25, 0.3) is 11.9 Å². The van der Waals surface area contributed by atoms with Crippen molar-refractivity contribution in [3.63, 3.8) is 0 Å². The molecule has 1 saturated heterocycles. The average molecular weight is 403 g/mol. The van der Waals surface area contributed by atoms with Crippen LogP contribution in [-0.4, -0.2) is 20.6 Å². The summed E-state index contributed by atoms with van der Waals surface area (Å²) in [7, 11) is 0. The van der Waals surface area contributed by atoms with Gasteiger partial charge in [0.05, 0.1) is 10.6 Å². The Morgan fingerprint density at radius 1 is 1.07 bits per heavy atom. The molecule has 0 spiro atoms. The molecule has 0 aliphatic carbocycles. The first-order valence-electron chi connectivity index (χ1n) is 9.39. The third kappa shape index (κ3) is 3.89. The average Bonchev–Trinajstić information content (AvgIpc) is 3.17. The van der Waals surface area contributed by atoms with Gasteiger partial charge in [0.15, 0.2) is 5.17 Å². The van der Waals surface area contributed by atoms with Crippen LogP contribution in [0.15, 0.2) is 58.6 Å². The Morgan fingerprint density at radius 2 is 1.90 bits per heavy atom. The number of amides is 1. The van der Waals surface area contributed by atoms with Crippen molar-refractivity contribution >= 4 is 34.6 Å². The number of hydrogen-bond donors (Lipinski definition) is 1. The second-order valence-electron chi connectivity index (χ2n) is 7.10. The molecule has 0 unspecified atom stereocenters. The quantitative estimate of drug-likeness (QED) is 0.628. The number of aromatic nitrogens is 2. The summed E-state index contributed by atoms with van der Waals surface area (Å²) in [4.78, 5) is 22.1. The number of aliphatic imine (C=N–C) groups is 1. The van der Waals surface area contributed by atoms with Gasteiger partial charge in [0.1, 0.15) is 5.82 Å². The second-order valence-corrected chi connectivity index (χ2v) is 8.13. The van der Waals surface area contributed by atoms with Gasteiger partial charge in [0.25, 0.3) is 5.91 Å². The number of thioether (sulfide) groups is 1. The summed E-state index contributed by atoms with van der Waals surface area (Å²) in [5, 5.41) is 3.47. The molecule has 3 heterocycles. The maximum atomic E-state index is 12.5. The van der Waals surface area contributed by atoms with Crippen molar-refractivity contribution in [2.45, 2.75) is 27.7 Å². The molecule has 0 atom stereocenters. The molecular formula is C23H22N4OS. The molecular weight excluding hydrogens is 380 g/mol. The normalized spacial score (nSPS) is 16.6. The van der Waals surface area contributed by atoms with Crippen LogP contribution in [0.3, 0.4) is 0 Å². The summed E-state index contributed by atoms with van der Waals surface area (Å²) in [5.74, 6) is 0.743. The molecule has 1 aliphatic heterocycles. The summed E-state index contributed by atoms with van der Waals surface area (Å²) in [6.07, 6.45) is 3.70. The molecule has 1 N–H and O–H groups in total. The monoisotopic (exact) mass is 402 g/mol. The molecule has 4 rings (SSSR count). The van der Waals surface area contributed by atoms with Gasteiger partial charge in [0, 0.05) is 17.6 Å². The highest BCUT2D eigenvalue weighted by Gasteiger charge is 2.24. The molecule has 1 fully saturated rings. The Labute approximate surface area is 174 Å². The van der Waals surface area contributed by atoms with Crippen LogP contribution >= 0.6 is 11.8 Å². The number of amidine groups is 1. The van der Waals surface area contributed by atoms with Gasteiger partial charge in [-0.25, -0.2) is 9.98 Å². The van der Waals surface area contributed by atoms with Crippen molar-refractivity contribution in [1.82, 2.24) is 14.9 Å². The number of carbonyl (C=O) groups is 1. The van der Waals surface area contributed by atoms with E-state index in [4.69, 9.17) is 0 Å². The van der Waals surface area contributed by atoms with Gasteiger partial charge in [-0.3, -0.25) is 4.79 Å². The van der Waals surface area contributed by atoms with E-state index >= 15 is 0 Å². The number of aryl methyl sites for hydroxylation is 3. The molecule has 6 heteroatoms. The van der Waals surface area contributed by atoms with Gasteiger partial charge in [-0.15, -0.1) is 0 Å². The van der Waals surface area contributed by atoms with E-state index in [1.165, 1.54) is 22.9 Å². The Morgan fingerprint density at radius 3 is 2.62 bits per heavy atom. The summed E-state index contributed by atoms with van der Waals surface area (Å²) in [6.45, 7) is 8.20. The molecule has 0 saturated carbocycles. The van der Waals surface area contributed by atoms with Gasteiger partial charge in [-0.1, -0.05) is 12.1 Å². The van der Waals surface area contributed by atoms with Crippen LogP contribution in [0.2, 0.25) is 0 Å². The van der Waals surface area contributed by atoms with Crippen molar-refractivity contribution < 1.29 is 4.79 Å². The van der Waals surface area contributed by atoms with Crippen LogP contribution in [0.1, 0.15) is 28.1 Å². The minimum atomic E-state index is -0.125. The lowest BCUT2D eigenvalue weighted by molar-refractivity contribution is -0.115. The smallest absolute Gasteiger partial charge is 0.264 e. The minimum Gasteiger partial charge on any atom is -0.303 e. The summed E-state index contributed by atoms with van der Waals surface area (Å²) in [6, 6.07) is 13.9. The first-order chi connectivity index (χ1) is 13.9. The lowest BCUT2D eigenvalue weighted by Crippen LogP contribution is -2.19. The third-order valence-electron chi connectivity index (χ3n) is 5.01. The Hall–Kier alpha value is -3.12. The maximum absolute atomic E-state index is 12.5. The molecule has 146 valence electrons. The van der Waals surface area contributed by atoms with E-state index in [0.29, 0.717) is 10.1 Å². The predicted octanol–water partition coefficient (Wildman–Crippen LogP) is 5.00. The van der Waals surface area contributed by atoms with E-state index in [0.717, 1.165) is 28.5 Å². The fourth-order valence-corrected chi connectivity index (χ4v) is 4.14. The van der Waals surface area contributed by atoms with E-state index in [9.17, 15) is 4.79 Å². The van der Waals surface area contributed by atoms with Gasteiger partial charge in [0.2, 0.25) is 0 Å². The van der Waals surface area contributed by atoms with Crippen molar-refractivity contribution in [2.24, 2.45) is 4.99 Å². The standard InChI is InChI=1S/C23H22N4OS/c1-14-8-9-19(11-15(14)2)25-23-26-22(28)20(29-23)13-18-12-16(3)27(17(18)4)21-7-5-6-10-24-21/h5-13H,1-4H3,(H,25,26,28)/b20-13-. The molecule has 3 aromatic rings. The molecule has 1 aromatic carbocycles. The van der Waals surface area contributed by atoms with E-state index in [2.05, 4.69) is 39.8 Å². The zero-order valence-corrected chi connectivity index (χ0v) is 17.7. The number of pyridine rings is 1. The van der Waals surface area contributed by atoms with E-state index in [1.807, 2.05) is 56.3 Å². The van der Waals surface area contributed by atoms with Gasteiger partial charge in [-0.05, 0) is 92.6 Å². The zero-order chi connectivity index (χ0) is 20.5. The number of nitrogens with zero attached hydrogens (tertiary/aromatic N) is 3. The second kappa shape index (κ2) is 7.72. The van der Waals surface area contributed by atoms with Crippen molar-refractivity contribution in [3.8, 4) is 5.82 Å². The number of rotatable bonds is 3. The Kier molecular flexibility index (Phi) is 5.11. The van der Waals surface area contributed by atoms with Crippen LogP contribution < -0.4 is 5.32 Å². The predicted molar refractivity (Wildman–Crippen MR) is 120 cm³/mol. The Balaban J connectivity index is 1.63.